The molecule has 3 aliphatic rings. The predicted molar refractivity (Wildman–Crippen MR) is 224 cm³/mol. The largest absolute Gasteiger partial charge is 0.444 e. The van der Waals surface area contributed by atoms with E-state index in [2.05, 4.69) is 54.9 Å². The maximum Gasteiger partial charge on any atom is 0.329 e. The van der Waals surface area contributed by atoms with Crippen molar-refractivity contribution in [1.29, 1.82) is 0 Å². The number of carbonyl (C=O) groups excluding carboxylic acids is 3. The number of benzene rings is 1. The topological polar surface area (TPSA) is 177 Å². The summed E-state index contributed by atoms with van der Waals surface area (Å²) >= 11 is 0. The first-order valence-corrected chi connectivity index (χ1v) is 21.2. The lowest BCUT2D eigenvalue weighted by Crippen LogP contribution is -2.44. The summed E-state index contributed by atoms with van der Waals surface area (Å²) < 4.78 is 38.6. The van der Waals surface area contributed by atoms with Gasteiger partial charge in [0.25, 0.3) is 12.3 Å². The Balaban J connectivity index is 0.800. The normalized spacial score (nSPS) is 19.6. The standard InChI is InChI=1S/C43H53F2N11O5/c1-52(18-5-19-53(2)23-29-6-4-7-33-38(29)54(3)43(60)56(33)34-14-15-36(57)50-41(34)59)22-27-10-12-30(13-11-27)55-24-31(37(51-55)39(44)45)48-40(58)32-25-61-42(49-32)28-16-17-46-35(20-28)47-21-26-8-9-26/h4,6-7,16-17,20,24-27,30,34,39H,5,8-15,18-19,21-23H2,1-3H3,(H,46,47)(H,48,58)(H,50,57,59)/t27-,30-,34?. The number of imidazole rings is 1. The number of nitrogens with zero attached hydrogens (tertiary/aromatic N) is 8. The van der Waals surface area contributed by atoms with Crippen LogP contribution in [0.1, 0.15) is 98.0 Å². The molecular weight excluding hydrogens is 789 g/mol. The van der Waals surface area contributed by atoms with Gasteiger partial charge in [0.15, 0.2) is 11.4 Å². The molecule has 3 N–H and O–H groups in total. The fourth-order valence-electron chi connectivity index (χ4n) is 8.76. The number of aryl methyl sites for hydroxylation is 1. The number of alkyl halides is 2. The van der Waals surface area contributed by atoms with Crippen molar-refractivity contribution >= 4 is 40.3 Å². The van der Waals surface area contributed by atoms with Gasteiger partial charge in [-0.3, -0.25) is 33.5 Å². The molecule has 3 amide bonds. The highest BCUT2D eigenvalue weighted by atomic mass is 19.3. The Morgan fingerprint density at radius 3 is 2.54 bits per heavy atom. The molecule has 3 fully saturated rings. The van der Waals surface area contributed by atoms with E-state index < -0.39 is 30.0 Å². The summed E-state index contributed by atoms with van der Waals surface area (Å²) in [6.07, 6.45) is 8.74. The lowest BCUT2D eigenvalue weighted by atomic mass is 9.86. The summed E-state index contributed by atoms with van der Waals surface area (Å²) in [5.74, 6) is 0.607. The van der Waals surface area contributed by atoms with Gasteiger partial charge in [0, 0.05) is 51.1 Å². The smallest absolute Gasteiger partial charge is 0.329 e. The molecule has 4 aromatic heterocycles. The molecule has 324 valence electrons. The van der Waals surface area contributed by atoms with Gasteiger partial charge in [-0.2, -0.15) is 5.10 Å². The number of anilines is 2. The molecule has 2 saturated carbocycles. The van der Waals surface area contributed by atoms with Crippen molar-refractivity contribution in [2.45, 2.75) is 82.8 Å². The van der Waals surface area contributed by atoms with Gasteiger partial charge in [0.1, 0.15) is 18.1 Å². The molecular formula is C43H53F2N11O5. The number of para-hydroxylation sites is 1. The predicted octanol–water partition coefficient (Wildman–Crippen LogP) is 5.76. The van der Waals surface area contributed by atoms with Gasteiger partial charge in [-0.05, 0) is 114 Å². The first-order chi connectivity index (χ1) is 29.4. The third-order valence-electron chi connectivity index (χ3n) is 12.2. The lowest BCUT2D eigenvalue weighted by molar-refractivity contribution is -0.135. The first kappa shape index (κ1) is 42.0. The molecule has 1 aliphatic heterocycles. The Bertz CT molecular complexity index is 2450. The van der Waals surface area contributed by atoms with E-state index in [0.29, 0.717) is 41.7 Å². The van der Waals surface area contributed by atoms with Crippen molar-refractivity contribution in [2.24, 2.45) is 18.9 Å². The molecule has 1 aromatic carbocycles. The van der Waals surface area contributed by atoms with Crippen molar-refractivity contribution in [3.8, 4) is 11.5 Å². The number of halogens is 2. The number of imide groups is 1. The van der Waals surface area contributed by atoms with Gasteiger partial charge in [0.05, 0.1) is 22.8 Å². The number of fused-ring (bicyclic) bond motifs is 1. The average Bonchev–Trinajstić information content (AvgIpc) is 3.64. The highest BCUT2D eigenvalue weighted by molar-refractivity contribution is 6.03. The van der Waals surface area contributed by atoms with E-state index in [-0.39, 0.29) is 41.3 Å². The van der Waals surface area contributed by atoms with Gasteiger partial charge < -0.3 is 24.9 Å². The zero-order valence-electron chi connectivity index (χ0n) is 34.8. The van der Waals surface area contributed by atoms with Crippen molar-refractivity contribution in [1.82, 2.24) is 44.0 Å². The third-order valence-corrected chi connectivity index (χ3v) is 12.2. The highest BCUT2D eigenvalue weighted by Gasteiger charge is 2.32. The van der Waals surface area contributed by atoms with Gasteiger partial charge in [0.2, 0.25) is 17.7 Å². The summed E-state index contributed by atoms with van der Waals surface area (Å²) in [6, 6.07) is 8.50. The SMILES string of the molecule is CN(CCCN(C)C[C@H]1CC[C@H](n2cc(NC(=O)c3coc(-c4ccnc(NCC5CC5)c4)n3)c(C(F)F)n2)CC1)Cc1cccc2c1n(C)c(=O)n2C1CCC(=O)NC1=O. The number of hydrogen-bond acceptors (Lipinski definition) is 11. The number of rotatable bonds is 17. The molecule has 18 heteroatoms. The number of nitrogens with one attached hydrogen (secondary N) is 3. The molecule has 5 aromatic rings. The second kappa shape index (κ2) is 18.1. The summed E-state index contributed by atoms with van der Waals surface area (Å²) in [5.41, 5.74) is 2.26. The van der Waals surface area contributed by atoms with Gasteiger partial charge >= 0.3 is 5.69 Å². The number of amides is 3. The minimum absolute atomic E-state index is 0.0338. The van der Waals surface area contributed by atoms with E-state index in [4.69, 9.17) is 4.42 Å². The second-order valence-electron chi connectivity index (χ2n) is 16.9. The number of aromatic nitrogens is 6. The molecule has 0 bridgehead atoms. The second-order valence-corrected chi connectivity index (χ2v) is 16.9. The van der Waals surface area contributed by atoms with E-state index in [1.165, 1.54) is 29.9 Å². The number of hydrogen-bond donors (Lipinski definition) is 3. The van der Waals surface area contributed by atoms with Crippen molar-refractivity contribution in [3.05, 3.63) is 76.4 Å². The molecule has 5 heterocycles. The summed E-state index contributed by atoms with van der Waals surface area (Å²) in [5, 5.41) is 12.5. The molecule has 8 rings (SSSR count). The van der Waals surface area contributed by atoms with E-state index >= 15 is 0 Å². The van der Waals surface area contributed by atoms with E-state index in [1.54, 1.807) is 34.6 Å². The quantitative estimate of drug-likeness (QED) is 0.0971. The number of oxazole rings is 1. The van der Waals surface area contributed by atoms with Crippen molar-refractivity contribution in [2.75, 3.05) is 50.9 Å². The molecule has 61 heavy (non-hydrogen) atoms. The van der Waals surface area contributed by atoms with Crippen LogP contribution in [0.3, 0.4) is 0 Å². The lowest BCUT2D eigenvalue weighted by Gasteiger charge is -2.31. The van der Waals surface area contributed by atoms with E-state index in [9.17, 15) is 28.0 Å². The van der Waals surface area contributed by atoms with Crippen LogP contribution >= 0.6 is 0 Å². The average molecular weight is 842 g/mol. The van der Waals surface area contributed by atoms with Gasteiger partial charge in [-0.25, -0.2) is 23.5 Å². The van der Waals surface area contributed by atoms with Crippen LogP contribution in [0.4, 0.5) is 20.3 Å². The maximum absolute atomic E-state index is 14.2. The molecule has 0 radical (unpaired) electrons. The Morgan fingerprint density at radius 1 is 1.02 bits per heavy atom. The van der Waals surface area contributed by atoms with Crippen molar-refractivity contribution < 1.29 is 27.6 Å². The first-order valence-electron chi connectivity index (χ1n) is 21.2. The zero-order chi connectivity index (χ0) is 42.8. The maximum atomic E-state index is 14.2. The number of pyridine rings is 1. The number of carbonyl (C=O) groups is 3. The summed E-state index contributed by atoms with van der Waals surface area (Å²) in [7, 11) is 5.89. The Kier molecular flexibility index (Phi) is 12.4. The molecule has 1 unspecified atom stereocenters. The third kappa shape index (κ3) is 9.59. The van der Waals surface area contributed by atoms with Crippen LogP contribution in [0, 0.1) is 11.8 Å². The zero-order valence-corrected chi connectivity index (χ0v) is 34.8. The Labute approximate surface area is 351 Å². The molecule has 1 atom stereocenters. The van der Waals surface area contributed by atoms with Crippen molar-refractivity contribution in [3.63, 3.8) is 0 Å². The van der Waals surface area contributed by atoms with Crippen LogP contribution < -0.4 is 21.6 Å². The molecule has 1 saturated heterocycles. The van der Waals surface area contributed by atoms with Gasteiger partial charge in [-0.1, -0.05) is 12.1 Å². The minimum Gasteiger partial charge on any atom is -0.444 e. The highest BCUT2D eigenvalue weighted by Crippen LogP contribution is 2.36. The monoisotopic (exact) mass is 841 g/mol. The molecule has 16 nitrogen and oxygen atoms in total. The minimum atomic E-state index is -2.87. The Hall–Kier alpha value is -5.75. The van der Waals surface area contributed by atoms with Crippen LogP contribution in [0.25, 0.3) is 22.5 Å². The van der Waals surface area contributed by atoms with Crippen LogP contribution in [0.15, 0.2) is 58.2 Å². The van der Waals surface area contributed by atoms with Gasteiger partial charge in [-0.15, -0.1) is 0 Å². The number of piperidine rings is 1. The summed E-state index contributed by atoms with van der Waals surface area (Å²) in [6.45, 7) is 4.12. The van der Waals surface area contributed by atoms with E-state index in [0.717, 1.165) is 69.4 Å². The van der Waals surface area contributed by atoms with Crippen LogP contribution in [0.2, 0.25) is 0 Å². The van der Waals surface area contributed by atoms with E-state index in [1.807, 2.05) is 18.2 Å². The molecule has 2 aliphatic carbocycles. The molecule has 0 spiro atoms. The fraction of sp³-hybridized carbons (Fsp3) is 0.512. The summed E-state index contributed by atoms with van der Waals surface area (Å²) in [4.78, 5) is 64.1. The van der Waals surface area contributed by atoms with Crippen LogP contribution in [0.5, 0.6) is 0 Å². The van der Waals surface area contributed by atoms with Crippen LogP contribution in [-0.4, -0.2) is 96.7 Å². The fourth-order valence-corrected chi connectivity index (χ4v) is 8.76. The van der Waals surface area contributed by atoms with Crippen LogP contribution in [-0.2, 0) is 23.2 Å². The Morgan fingerprint density at radius 2 is 1.79 bits per heavy atom.